The number of ether oxygens (including phenoxy) is 1. The third-order valence-electron chi connectivity index (χ3n) is 3.91. The van der Waals surface area contributed by atoms with E-state index >= 15 is 0 Å². The van der Waals surface area contributed by atoms with E-state index in [2.05, 4.69) is 93.4 Å². The van der Waals surface area contributed by atoms with E-state index in [-0.39, 0.29) is 6.10 Å². The van der Waals surface area contributed by atoms with E-state index in [1.54, 1.807) is 0 Å². The van der Waals surface area contributed by atoms with Crippen molar-refractivity contribution >= 4 is 11.4 Å². The molecule has 124 valence electrons. The van der Waals surface area contributed by atoms with Crippen molar-refractivity contribution in [3.05, 3.63) is 59.7 Å². The van der Waals surface area contributed by atoms with Gasteiger partial charge in [0.15, 0.2) is 0 Å². The highest BCUT2D eigenvalue weighted by atomic mass is 16.5. The minimum Gasteiger partial charge on any atom is -0.378 e. The van der Waals surface area contributed by atoms with Crippen molar-refractivity contribution in [2.24, 2.45) is 0 Å². The van der Waals surface area contributed by atoms with E-state index in [9.17, 15) is 0 Å². The molecule has 0 unspecified atom stereocenters. The minimum absolute atomic E-state index is 0.0117. The van der Waals surface area contributed by atoms with Crippen LogP contribution in [-0.4, -0.2) is 34.8 Å². The molecule has 0 bridgehead atoms. The van der Waals surface area contributed by atoms with E-state index in [0.717, 1.165) is 13.0 Å². The summed E-state index contributed by atoms with van der Waals surface area (Å²) < 4.78 is 6.14. The second kappa shape index (κ2) is 8.02. The summed E-state index contributed by atoms with van der Waals surface area (Å²) in [5, 5.41) is 0. The number of benzene rings is 2. The predicted octanol–water partition coefficient (Wildman–Crippen LogP) is 4.33. The van der Waals surface area contributed by atoms with Gasteiger partial charge in [-0.05, 0) is 41.8 Å². The van der Waals surface area contributed by atoms with Gasteiger partial charge < -0.3 is 14.5 Å². The monoisotopic (exact) mass is 312 g/mol. The Balaban J connectivity index is 2.28. The molecule has 3 nitrogen and oxygen atoms in total. The maximum absolute atomic E-state index is 6.14. The Labute approximate surface area is 140 Å². The Hall–Kier alpha value is -2.00. The fourth-order valence-corrected chi connectivity index (χ4v) is 2.52. The zero-order valence-corrected chi connectivity index (χ0v) is 14.9. The summed E-state index contributed by atoms with van der Waals surface area (Å²) >= 11 is 0. The highest BCUT2D eigenvalue weighted by molar-refractivity contribution is 5.49. The van der Waals surface area contributed by atoms with Crippen molar-refractivity contribution < 1.29 is 4.74 Å². The molecule has 2 aromatic rings. The molecule has 0 atom stereocenters. The van der Waals surface area contributed by atoms with Gasteiger partial charge >= 0.3 is 0 Å². The minimum atomic E-state index is -0.0117. The molecule has 23 heavy (non-hydrogen) atoms. The van der Waals surface area contributed by atoms with Crippen LogP contribution in [0.2, 0.25) is 0 Å². The molecule has 0 aliphatic heterocycles. The number of nitrogens with zero attached hydrogens (tertiary/aromatic N) is 2. The highest BCUT2D eigenvalue weighted by Gasteiger charge is 2.15. The molecule has 3 heteroatoms. The SMILES string of the molecule is CCCOC(c1ccc(N(C)C)cc1)c1ccc(N(C)C)cc1. The van der Waals surface area contributed by atoms with Gasteiger partial charge in [-0.25, -0.2) is 0 Å². The maximum atomic E-state index is 6.14. The lowest BCUT2D eigenvalue weighted by Gasteiger charge is -2.21. The van der Waals surface area contributed by atoms with Crippen LogP contribution in [0.1, 0.15) is 30.6 Å². The van der Waals surface area contributed by atoms with Crippen LogP contribution in [0.15, 0.2) is 48.5 Å². The third kappa shape index (κ3) is 4.49. The Morgan fingerprint density at radius 3 is 1.43 bits per heavy atom. The molecule has 0 aromatic heterocycles. The Kier molecular flexibility index (Phi) is 6.05. The number of hydrogen-bond acceptors (Lipinski definition) is 3. The zero-order chi connectivity index (χ0) is 16.8. The average Bonchev–Trinajstić information content (AvgIpc) is 2.56. The van der Waals surface area contributed by atoms with Crippen molar-refractivity contribution in [3.8, 4) is 0 Å². The van der Waals surface area contributed by atoms with Gasteiger partial charge in [-0.15, -0.1) is 0 Å². The molecule has 0 heterocycles. The molecular weight excluding hydrogens is 284 g/mol. The summed E-state index contributed by atoms with van der Waals surface area (Å²) in [6, 6.07) is 17.2. The van der Waals surface area contributed by atoms with E-state index in [0.29, 0.717) is 0 Å². The number of anilines is 2. The summed E-state index contributed by atoms with van der Waals surface area (Å²) in [4.78, 5) is 4.22. The molecule has 2 aromatic carbocycles. The largest absolute Gasteiger partial charge is 0.378 e. The molecule has 0 N–H and O–H groups in total. The maximum Gasteiger partial charge on any atom is 0.108 e. The van der Waals surface area contributed by atoms with Gasteiger partial charge in [-0.1, -0.05) is 31.2 Å². The molecular formula is C20H28N2O. The lowest BCUT2D eigenvalue weighted by atomic mass is 10.0. The van der Waals surface area contributed by atoms with Crippen molar-refractivity contribution in [2.75, 3.05) is 44.6 Å². The van der Waals surface area contributed by atoms with E-state index < -0.39 is 0 Å². The van der Waals surface area contributed by atoms with Crippen LogP contribution >= 0.6 is 0 Å². The Morgan fingerprint density at radius 2 is 1.13 bits per heavy atom. The molecule has 0 fully saturated rings. The summed E-state index contributed by atoms with van der Waals surface area (Å²) in [5.74, 6) is 0. The average molecular weight is 312 g/mol. The van der Waals surface area contributed by atoms with Gasteiger partial charge in [0.25, 0.3) is 0 Å². The second-order valence-electron chi connectivity index (χ2n) is 6.22. The van der Waals surface area contributed by atoms with Gasteiger partial charge in [-0.2, -0.15) is 0 Å². The highest BCUT2D eigenvalue weighted by Crippen LogP contribution is 2.29. The fourth-order valence-electron chi connectivity index (χ4n) is 2.52. The first kappa shape index (κ1) is 17.4. The summed E-state index contributed by atoms with van der Waals surface area (Å²) in [5.41, 5.74) is 4.79. The standard InChI is InChI=1S/C20H28N2O/c1-6-15-23-20(16-7-11-18(12-8-16)21(2)3)17-9-13-19(14-10-17)22(4)5/h7-14,20H,6,15H2,1-5H3. The van der Waals surface area contributed by atoms with Crippen LogP contribution in [0, 0.1) is 0 Å². The fraction of sp³-hybridized carbons (Fsp3) is 0.400. The van der Waals surface area contributed by atoms with Crippen LogP contribution in [0.4, 0.5) is 11.4 Å². The van der Waals surface area contributed by atoms with Crippen molar-refractivity contribution in [2.45, 2.75) is 19.4 Å². The third-order valence-corrected chi connectivity index (χ3v) is 3.91. The van der Waals surface area contributed by atoms with Crippen LogP contribution in [0.3, 0.4) is 0 Å². The van der Waals surface area contributed by atoms with Crippen LogP contribution in [0.5, 0.6) is 0 Å². The second-order valence-corrected chi connectivity index (χ2v) is 6.22. The quantitative estimate of drug-likeness (QED) is 0.756. The lowest BCUT2D eigenvalue weighted by Crippen LogP contribution is -2.11. The van der Waals surface area contributed by atoms with E-state index in [4.69, 9.17) is 4.74 Å². The van der Waals surface area contributed by atoms with E-state index in [1.807, 2.05) is 0 Å². The first-order valence-corrected chi connectivity index (χ1v) is 8.19. The smallest absolute Gasteiger partial charge is 0.108 e. The number of rotatable bonds is 7. The Morgan fingerprint density at radius 1 is 0.739 bits per heavy atom. The molecule has 0 saturated heterocycles. The van der Waals surface area contributed by atoms with Gasteiger partial charge in [-0.3, -0.25) is 0 Å². The van der Waals surface area contributed by atoms with Gasteiger partial charge in [0.2, 0.25) is 0 Å². The van der Waals surface area contributed by atoms with Crippen molar-refractivity contribution in [3.63, 3.8) is 0 Å². The lowest BCUT2D eigenvalue weighted by molar-refractivity contribution is 0.0806. The van der Waals surface area contributed by atoms with Crippen molar-refractivity contribution in [1.29, 1.82) is 0 Å². The van der Waals surface area contributed by atoms with Crippen LogP contribution in [0.25, 0.3) is 0 Å². The normalized spacial score (nSPS) is 10.9. The molecule has 0 spiro atoms. The Bertz CT molecular complexity index is 537. The van der Waals surface area contributed by atoms with Gasteiger partial charge in [0, 0.05) is 46.2 Å². The summed E-state index contributed by atoms with van der Waals surface area (Å²) in [6.07, 6.45) is 1.00. The van der Waals surface area contributed by atoms with Crippen molar-refractivity contribution in [1.82, 2.24) is 0 Å². The first-order chi connectivity index (χ1) is 11.0. The summed E-state index contributed by atoms with van der Waals surface area (Å²) in [7, 11) is 8.22. The topological polar surface area (TPSA) is 15.7 Å². The molecule has 0 radical (unpaired) electrons. The van der Waals surface area contributed by atoms with Crippen LogP contribution in [-0.2, 0) is 4.74 Å². The molecule has 0 aliphatic carbocycles. The van der Waals surface area contributed by atoms with Crippen LogP contribution < -0.4 is 9.80 Å². The first-order valence-electron chi connectivity index (χ1n) is 8.19. The van der Waals surface area contributed by atoms with E-state index in [1.165, 1.54) is 22.5 Å². The summed E-state index contributed by atoms with van der Waals surface area (Å²) in [6.45, 7) is 2.90. The molecule has 0 amide bonds. The zero-order valence-electron chi connectivity index (χ0n) is 14.9. The molecule has 0 saturated carbocycles. The molecule has 0 aliphatic rings. The molecule has 2 rings (SSSR count). The number of hydrogen-bond donors (Lipinski definition) is 0. The predicted molar refractivity (Wildman–Crippen MR) is 99.6 cm³/mol. The van der Waals surface area contributed by atoms with Gasteiger partial charge in [0.05, 0.1) is 0 Å². The van der Waals surface area contributed by atoms with Gasteiger partial charge in [0.1, 0.15) is 6.10 Å².